The van der Waals surface area contributed by atoms with Crippen LogP contribution in [0.2, 0.25) is 10.0 Å². The Morgan fingerprint density at radius 1 is 1.10 bits per heavy atom. The number of benzene rings is 2. The lowest BCUT2D eigenvalue weighted by Crippen LogP contribution is -2.29. The van der Waals surface area contributed by atoms with E-state index in [1.54, 1.807) is 53.4 Å². The van der Waals surface area contributed by atoms with Crippen LogP contribution < -0.4 is 4.74 Å². The molecule has 0 saturated carbocycles. The van der Waals surface area contributed by atoms with E-state index in [2.05, 4.69) is 0 Å². The fourth-order valence-electron chi connectivity index (χ4n) is 2.88. The van der Waals surface area contributed by atoms with Crippen LogP contribution >= 0.6 is 47.2 Å². The van der Waals surface area contributed by atoms with E-state index in [-0.39, 0.29) is 12.3 Å². The summed E-state index contributed by atoms with van der Waals surface area (Å²) in [6, 6.07) is 12.2. The summed E-state index contributed by atoms with van der Waals surface area (Å²) >= 11 is 18.9. The first-order chi connectivity index (χ1) is 14.8. The molecule has 2 aromatic rings. The predicted octanol–water partition coefficient (Wildman–Crippen LogP) is 6.63. The fourth-order valence-corrected chi connectivity index (χ4v) is 4.53. The Balaban J connectivity index is 1.63. The molecule has 0 bridgehead atoms. The highest BCUT2D eigenvalue weighted by Gasteiger charge is 2.31. The van der Waals surface area contributed by atoms with Gasteiger partial charge >= 0.3 is 5.97 Å². The van der Waals surface area contributed by atoms with Gasteiger partial charge in [0.1, 0.15) is 15.8 Å². The van der Waals surface area contributed by atoms with Gasteiger partial charge in [-0.25, -0.2) is 0 Å². The molecule has 31 heavy (non-hydrogen) atoms. The average molecular weight is 496 g/mol. The zero-order valence-corrected chi connectivity index (χ0v) is 19.5. The number of unbranched alkanes of at least 4 members (excludes halogenated alkanes) is 2. The van der Waals surface area contributed by atoms with E-state index < -0.39 is 5.97 Å². The van der Waals surface area contributed by atoms with Crippen molar-refractivity contribution in [3.05, 3.63) is 63.0 Å². The summed E-state index contributed by atoms with van der Waals surface area (Å²) in [6.45, 7) is 0.475. The van der Waals surface area contributed by atoms with Crippen molar-refractivity contribution in [2.45, 2.75) is 25.7 Å². The van der Waals surface area contributed by atoms with E-state index in [1.165, 1.54) is 11.8 Å². The van der Waals surface area contributed by atoms with E-state index in [9.17, 15) is 9.59 Å². The second kappa shape index (κ2) is 11.0. The largest absolute Gasteiger partial charge is 0.481 e. The van der Waals surface area contributed by atoms with Gasteiger partial charge in [0.05, 0.1) is 9.93 Å². The number of thioether (sulfide) groups is 1. The van der Waals surface area contributed by atoms with Crippen LogP contribution in [0.1, 0.15) is 31.2 Å². The molecular weight excluding hydrogens is 477 g/mol. The summed E-state index contributed by atoms with van der Waals surface area (Å²) in [5.74, 6) is 0.233. The number of hydrogen-bond donors (Lipinski definition) is 1. The highest BCUT2D eigenvalue weighted by atomic mass is 35.5. The van der Waals surface area contributed by atoms with Crippen molar-refractivity contribution in [2.24, 2.45) is 0 Å². The van der Waals surface area contributed by atoms with Crippen molar-refractivity contribution in [3.63, 3.8) is 0 Å². The second-order valence-electron chi connectivity index (χ2n) is 6.78. The Labute approximate surface area is 200 Å². The minimum Gasteiger partial charge on any atom is -0.481 e. The number of carbonyl (C=O) groups is 2. The van der Waals surface area contributed by atoms with Crippen LogP contribution in [0.4, 0.5) is 0 Å². The maximum atomic E-state index is 12.7. The summed E-state index contributed by atoms with van der Waals surface area (Å²) in [5.41, 5.74) is 0.687. The number of carboxylic acids is 1. The number of carbonyl (C=O) groups excluding carboxylic acids is 1. The molecular formula is C22H19Cl2NO4S2. The van der Waals surface area contributed by atoms with Gasteiger partial charge in [-0.3, -0.25) is 14.5 Å². The third-order valence-electron chi connectivity index (χ3n) is 4.45. The molecule has 3 rings (SSSR count). The molecule has 0 unspecified atom stereocenters. The van der Waals surface area contributed by atoms with E-state index in [1.807, 2.05) is 0 Å². The summed E-state index contributed by atoms with van der Waals surface area (Å²) in [4.78, 5) is 25.3. The topological polar surface area (TPSA) is 66.8 Å². The molecule has 1 heterocycles. The van der Waals surface area contributed by atoms with Gasteiger partial charge in [0.2, 0.25) is 0 Å². The quantitative estimate of drug-likeness (QED) is 0.239. The van der Waals surface area contributed by atoms with Crippen LogP contribution in [-0.4, -0.2) is 32.7 Å². The zero-order chi connectivity index (χ0) is 22.4. The highest BCUT2D eigenvalue weighted by Crippen LogP contribution is 2.35. The smallest absolute Gasteiger partial charge is 0.303 e. The number of amides is 1. The Morgan fingerprint density at radius 2 is 1.81 bits per heavy atom. The molecule has 0 aromatic heterocycles. The summed E-state index contributed by atoms with van der Waals surface area (Å²) in [6.07, 6.45) is 3.86. The van der Waals surface area contributed by atoms with Crippen molar-refractivity contribution in [1.82, 2.24) is 4.90 Å². The van der Waals surface area contributed by atoms with Crippen molar-refractivity contribution >= 4 is 69.5 Å². The Bertz CT molecular complexity index is 1020. The number of nitrogens with zero attached hydrogens (tertiary/aromatic N) is 1. The first-order valence-corrected chi connectivity index (χ1v) is 11.5. The van der Waals surface area contributed by atoms with Crippen LogP contribution in [0.25, 0.3) is 6.08 Å². The second-order valence-corrected chi connectivity index (χ2v) is 9.30. The number of thiocarbonyl (C=S) groups is 1. The number of aliphatic carboxylic acids is 1. The molecule has 1 N–H and O–H groups in total. The third-order valence-corrected chi connectivity index (χ3v) is 6.41. The van der Waals surface area contributed by atoms with Gasteiger partial charge in [0.15, 0.2) is 0 Å². The summed E-state index contributed by atoms with van der Waals surface area (Å²) in [7, 11) is 0. The summed E-state index contributed by atoms with van der Waals surface area (Å²) < 4.78 is 6.27. The minimum absolute atomic E-state index is 0.133. The Morgan fingerprint density at radius 3 is 2.48 bits per heavy atom. The van der Waals surface area contributed by atoms with E-state index in [0.29, 0.717) is 55.7 Å². The van der Waals surface area contributed by atoms with Gasteiger partial charge in [-0.05, 0) is 66.9 Å². The van der Waals surface area contributed by atoms with Crippen molar-refractivity contribution in [2.75, 3.05) is 6.54 Å². The van der Waals surface area contributed by atoms with Crippen LogP contribution in [-0.2, 0) is 9.59 Å². The number of ether oxygens (including phenoxy) is 1. The molecule has 0 aliphatic carbocycles. The third kappa shape index (κ3) is 6.71. The first-order valence-electron chi connectivity index (χ1n) is 9.53. The molecule has 0 radical (unpaired) electrons. The molecule has 0 spiro atoms. The van der Waals surface area contributed by atoms with Gasteiger partial charge in [-0.2, -0.15) is 0 Å². The number of hydrogen-bond acceptors (Lipinski definition) is 5. The molecule has 1 saturated heterocycles. The summed E-state index contributed by atoms with van der Waals surface area (Å²) in [5, 5.41) is 9.76. The maximum Gasteiger partial charge on any atom is 0.303 e. The molecule has 1 fully saturated rings. The van der Waals surface area contributed by atoms with Crippen molar-refractivity contribution in [3.8, 4) is 11.5 Å². The van der Waals surface area contributed by atoms with Crippen molar-refractivity contribution < 1.29 is 19.4 Å². The zero-order valence-electron chi connectivity index (χ0n) is 16.3. The van der Waals surface area contributed by atoms with Gasteiger partial charge in [-0.15, -0.1) is 0 Å². The average Bonchev–Trinajstić information content (AvgIpc) is 2.98. The maximum absolute atomic E-state index is 12.7. The normalized spacial score (nSPS) is 15.0. The minimum atomic E-state index is -0.810. The van der Waals surface area contributed by atoms with Gasteiger partial charge in [0, 0.05) is 18.0 Å². The molecule has 162 valence electrons. The Kier molecular flexibility index (Phi) is 8.37. The first kappa shape index (κ1) is 23.6. The standard InChI is InChI=1S/C22H19Cl2NO4S2/c23-15-6-9-16(10-7-15)29-17-8-5-14(18(24)13-17)12-19-21(28)25(22(30)31-19)11-3-1-2-4-20(26)27/h5-10,12-13H,1-4,11H2,(H,26,27)/b19-12+. The molecule has 5 nitrogen and oxygen atoms in total. The number of carboxylic acid groups (broad SMARTS) is 1. The Hall–Kier alpha value is -2.06. The van der Waals surface area contributed by atoms with Crippen LogP contribution in [0.3, 0.4) is 0 Å². The monoisotopic (exact) mass is 495 g/mol. The highest BCUT2D eigenvalue weighted by molar-refractivity contribution is 8.26. The SMILES string of the molecule is O=C(O)CCCCCN1C(=O)/C(=C\c2ccc(Oc3ccc(Cl)cc3)cc2Cl)SC1=S. The molecule has 9 heteroatoms. The predicted molar refractivity (Wildman–Crippen MR) is 129 cm³/mol. The van der Waals surface area contributed by atoms with Gasteiger partial charge in [-0.1, -0.05) is 53.6 Å². The lowest BCUT2D eigenvalue weighted by Gasteiger charge is -2.13. The van der Waals surface area contributed by atoms with Crippen molar-refractivity contribution in [1.29, 1.82) is 0 Å². The lowest BCUT2D eigenvalue weighted by molar-refractivity contribution is -0.137. The van der Waals surface area contributed by atoms with E-state index in [4.69, 9.17) is 45.3 Å². The van der Waals surface area contributed by atoms with Crippen LogP contribution in [0.5, 0.6) is 11.5 Å². The van der Waals surface area contributed by atoms with Crippen LogP contribution in [0, 0.1) is 0 Å². The molecule has 1 aliphatic rings. The van der Waals surface area contributed by atoms with Gasteiger partial charge in [0.25, 0.3) is 5.91 Å². The molecule has 0 atom stereocenters. The van der Waals surface area contributed by atoms with Crippen LogP contribution in [0.15, 0.2) is 47.4 Å². The molecule has 1 aliphatic heterocycles. The van der Waals surface area contributed by atoms with E-state index in [0.717, 1.165) is 6.42 Å². The fraction of sp³-hybridized carbons (Fsp3) is 0.227. The number of rotatable bonds is 9. The number of halogens is 2. The molecule has 1 amide bonds. The van der Waals surface area contributed by atoms with E-state index >= 15 is 0 Å². The molecule has 2 aromatic carbocycles. The lowest BCUT2D eigenvalue weighted by atomic mass is 10.2. The van der Waals surface area contributed by atoms with Gasteiger partial charge < -0.3 is 9.84 Å².